The normalized spacial score (nSPS) is 15.7. The van der Waals surface area contributed by atoms with Crippen LogP contribution in [-0.4, -0.2) is 65.3 Å². The predicted octanol–water partition coefficient (Wildman–Crippen LogP) is 3.78. The standard InChI is InChI=1S/C28H29N5O5S/c1-21-9-11-24(12-10-21)39(36,37)33-15-13-25-26(29-20-30-27(25)33)32(16-17-34)23-8-5-14-31(18-23)28(35)38-19-22-6-3-2-4-7-22/h2-4,6-7,9-13,15,17,20,23H,5,8,14,16,18-19H2,1H3/t23-/m1/s1. The van der Waals surface area contributed by atoms with E-state index < -0.39 is 16.1 Å². The van der Waals surface area contributed by atoms with Crippen molar-refractivity contribution in [1.82, 2.24) is 18.8 Å². The highest BCUT2D eigenvalue weighted by molar-refractivity contribution is 7.90. The van der Waals surface area contributed by atoms with Gasteiger partial charge in [0.15, 0.2) is 5.65 Å². The summed E-state index contributed by atoms with van der Waals surface area (Å²) in [4.78, 5) is 36.9. The molecule has 0 N–H and O–H groups in total. The number of aldehydes is 1. The van der Waals surface area contributed by atoms with E-state index in [1.165, 1.54) is 12.5 Å². The Hall–Kier alpha value is -4.25. The van der Waals surface area contributed by atoms with Crippen molar-refractivity contribution in [2.24, 2.45) is 0 Å². The van der Waals surface area contributed by atoms with Gasteiger partial charge in [-0.3, -0.25) is 0 Å². The molecule has 3 heterocycles. The molecule has 0 radical (unpaired) electrons. The van der Waals surface area contributed by atoms with Crippen LogP contribution >= 0.6 is 0 Å². The number of carbonyl (C=O) groups excluding carboxylic acids is 2. The van der Waals surface area contributed by atoms with Crippen LogP contribution < -0.4 is 4.90 Å². The minimum Gasteiger partial charge on any atom is -0.445 e. The van der Waals surface area contributed by atoms with Gasteiger partial charge in [-0.05, 0) is 43.5 Å². The van der Waals surface area contributed by atoms with Crippen molar-refractivity contribution in [2.45, 2.75) is 37.3 Å². The number of aromatic nitrogens is 3. The number of amides is 1. The summed E-state index contributed by atoms with van der Waals surface area (Å²) in [6, 6.07) is 17.5. The second kappa shape index (κ2) is 11.2. The quantitative estimate of drug-likeness (QED) is 0.306. The molecule has 0 saturated carbocycles. The van der Waals surface area contributed by atoms with Gasteiger partial charge in [-0.15, -0.1) is 0 Å². The van der Waals surface area contributed by atoms with Crippen molar-refractivity contribution >= 4 is 39.3 Å². The molecule has 1 fully saturated rings. The van der Waals surface area contributed by atoms with Crippen LogP contribution in [0, 0.1) is 6.92 Å². The number of hydrogen-bond donors (Lipinski definition) is 0. The maximum atomic E-state index is 13.4. The summed E-state index contributed by atoms with van der Waals surface area (Å²) in [5, 5.41) is 0.499. The number of hydrogen-bond acceptors (Lipinski definition) is 8. The summed E-state index contributed by atoms with van der Waals surface area (Å²) in [7, 11) is -3.90. The van der Waals surface area contributed by atoms with Crippen LogP contribution in [-0.2, 0) is 26.2 Å². The first kappa shape index (κ1) is 26.4. The van der Waals surface area contributed by atoms with Crippen LogP contribution in [0.3, 0.4) is 0 Å². The van der Waals surface area contributed by atoms with E-state index in [2.05, 4.69) is 9.97 Å². The number of piperidine rings is 1. The SMILES string of the molecule is Cc1ccc(S(=O)(=O)n2ccc3c(N(CC=O)[C@@H]4CCCN(C(=O)OCc5ccccc5)C4)ncnc32)cc1. The molecule has 1 amide bonds. The number of fused-ring (bicyclic) bond motifs is 1. The molecule has 1 atom stereocenters. The highest BCUT2D eigenvalue weighted by Crippen LogP contribution is 2.30. The Morgan fingerprint density at radius 2 is 1.87 bits per heavy atom. The molecule has 11 heteroatoms. The van der Waals surface area contributed by atoms with Gasteiger partial charge in [0.05, 0.1) is 16.8 Å². The fourth-order valence-corrected chi connectivity index (χ4v) is 6.14. The Balaban J connectivity index is 1.40. The van der Waals surface area contributed by atoms with Gasteiger partial charge in [0.2, 0.25) is 0 Å². The average Bonchev–Trinajstić information content (AvgIpc) is 3.41. The zero-order valence-electron chi connectivity index (χ0n) is 21.5. The molecule has 10 nitrogen and oxygen atoms in total. The zero-order chi connectivity index (χ0) is 27.4. The van der Waals surface area contributed by atoms with Gasteiger partial charge in [0.1, 0.15) is 25.0 Å². The Bertz CT molecular complexity index is 1570. The molecular formula is C28H29N5O5S. The summed E-state index contributed by atoms with van der Waals surface area (Å²) in [6.45, 7) is 2.98. The lowest BCUT2D eigenvalue weighted by molar-refractivity contribution is -0.106. The molecule has 0 aliphatic carbocycles. The summed E-state index contributed by atoms with van der Waals surface area (Å²) >= 11 is 0. The molecule has 1 aliphatic rings. The van der Waals surface area contributed by atoms with Gasteiger partial charge in [0.25, 0.3) is 10.0 Å². The first-order chi connectivity index (χ1) is 18.9. The van der Waals surface area contributed by atoms with Crippen LogP contribution in [0.5, 0.6) is 0 Å². The van der Waals surface area contributed by atoms with E-state index in [-0.39, 0.29) is 29.7 Å². The number of rotatable bonds is 8. The molecule has 2 aromatic heterocycles. The Morgan fingerprint density at radius 1 is 1.10 bits per heavy atom. The van der Waals surface area contributed by atoms with E-state index in [9.17, 15) is 18.0 Å². The Labute approximate surface area is 226 Å². The molecule has 0 unspecified atom stereocenters. The zero-order valence-corrected chi connectivity index (χ0v) is 22.3. The van der Waals surface area contributed by atoms with Crippen molar-refractivity contribution in [3.05, 3.63) is 84.3 Å². The van der Waals surface area contributed by atoms with Gasteiger partial charge in [0, 0.05) is 25.3 Å². The summed E-state index contributed by atoms with van der Waals surface area (Å²) in [5.41, 5.74) is 2.06. The van der Waals surface area contributed by atoms with E-state index in [0.717, 1.165) is 34.2 Å². The lowest BCUT2D eigenvalue weighted by Crippen LogP contribution is -2.51. The van der Waals surface area contributed by atoms with Gasteiger partial charge >= 0.3 is 6.09 Å². The number of likely N-dealkylation sites (tertiary alicyclic amines) is 1. The highest BCUT2D eigenvalue weighted by atomic mass is 32.2. The first-order valence-corrected chi connectivity index (χ1v) is 14.1. The summed E-state index contributed by atoms with van der Waals surface area (Å²) < 4.78 is 33.4. The van der Waals surface area contributed by atoms with Crippen molar-refractivity contribution in [3.8, 4) is 0 Å². The molecule has 1 aliphatic heterocycles. The van der Waals surface area contributed by atoms with Gasteiger partial charge in [-0.2, -0.15) is 0 Å². The minimum atomic E-state index is -3.90. The third-order valence-corrected chi connectivity index (χ3v) is 8.53. The van der Waals surface area contributed by atoms with Crippen molar-refractivity contribution < 1.29 is 22.7 Å². The van der Waals surface area contributed by atoms with Crippen LogP contribution in [0.15, 0.2) is 78.1 Å². The maximum Gasteiger partial charge on any atom is 0.410 e. The maximum absolute atomic E-state index is 13.4. The van der Waals surface area contributed by atoms with Crippen LogP contribution in [0.4, 0.5) is 10.6 Å². The Kier molecular flexibility index (Phi) is 7.60. The molecule has 39 heavy (non-hydrogen) atoms. The van der Waals surface area contributed by atoms with Crippen molar-refractivity contribution in [3.63, 3.8) is 0 Å². The third kappa shape index (κ3) is 5.49. The molecular weight excluding hydrogens is 518 g/mol. The number of carbonyl (C=O) groups is 2. The largest absolute Gasteiger partial charge is 0.445 e. The fraction of sp³-hybridized carbons (Fsp3) is 0.286. The minimum absolute atomic E-state index is 0.0274. The second-order valence-electron chi connectivity index (χ2n) is 9.47. The molecule has 2 aromatic carbocycles. The van der Waals surface area contributed by atoms with Gasteiger partial charge in [-0.25, -0.2) is 27.2 Å². The molecule has 5 rings (SSSR count). The lowest BCUT2D eigenvalue weighted by atomic mass is 10.0. The second-order valence-corrected chi connectivity index (χ2v) is 11.3. The third-order valence-electron chi connectivity index (χ3n) is 6.85. The summed E-state index contributed by atoms with van der Waals surface area (Å²) in [5.74, 6) is 0.439. The van der Waals surface area contributed by atoms with Crippen LogP contribution in [0.1, 0.15) is 24.0 Å². The number of benzene rings is 2. The van der Waals surface area contributed by atoms with E-state index in [1.54, 1.807) is 35.2 Å². The van der Waals surface area contributed by atoms with Gasteiger partial charge in [-0.1, -0.05) is 48.0 Å². The smallest absolute Gasteiger partial charge is 0.410 e. The number of aryl methyl sites for hydroxylation is 1. The molecule has 202 valence electrons. The molecule has 0 bridgehead atoms. The van der Waals surface area contributed by atoms with Crippen LogP contribution in [0.2, 0.25) is 0 Å². The highest BCUT2D eigenvalue weighted by Gasteiger charge is 2.31. The van der Waals surface area contributed by atoms with E-state index in [4.69, 9.17) is 4.74 Å². The van der Waals surface area contributed by atoms with Gasteiger partial charge < -0.3 is 19.3 Å². The first-order valence-electron chi connectivity index (χ1n) is 12.7. The average molecular weight is 548 g/mol. The van der Waals surface area contributed by atoms with Crippen molar-refractivity contribution in [1.29, 1.82) is 0 Å². The fourth-order valence-electron chi connectivity index (χ4n) is 4.84. The number of anilines is 1. The Morgan fingerprint density at radius 3 is 2.62 bits per heavy atom. The summed E-state index contributed by atoms with van der Waals surface area (Å²) in [6.07, 6.45) is 4.55. The van der Waals surface area contributed by atoms with Crippen molar-refractivity contribution in [2.75, 3.05) is 24.5 Å². The van der Waals surface area contributed by atoms with E-state index >= 15 is 0 Å². The van der Waals surface area contributed by atoms with Crippen LogP contribution in [0.25, 0.3) is 11.0 Å². The topological polar surface area (TPSA) is 115 Å². The van der Waals surface area contributed by atoms with E-state index in [1.807, 2.05) is 42.2 Å². The molecule has 1 saturated heterocycles. The number of nitrogens with zero attached hydrogens (tertiary/aromatic N) is 5. The lowest BCUT2D eigenvalue weighted by Gasteiger charge is -2.38. The monoisotopic (exact) mass is 547 g/mol. The molecule has 4 aromatic rings. The van der Waals surface area contributed by atoms with E-state index in [0.29, 0.717) is 24.3 Å². The number of ether oxygens (including phenoxy) is 1. The molecule has 0 spiro atoms. The predicted molar refractivity (Wildman–Crippen MR) is 146 cm³/mol.